The highest BCUT2D eigenvalue weighted by atomic mass is 32.2. The van der Waals surface area contributed by atoms with Crippen molar-refractivity contribution in [1.82, 2.24) is 9.88 Å². The summed E-state index contributed by atoms with van der Waals surface area (Å²) in [4.78, 5) is 41.8. The molecule has 234 valence electrons. The summed E-state index contributed by atoms with van der Waals surface area (Å²) in [7, 11) is -4.09. The highest BCUT2D eigenvalue weighted by Crippen LogP contribution is 2.41. The van der Waals surface area contributed by atoms with E-state index in [0.29, 0.717) is 10.3 Å². The number of nitrogens with one attached hydrogen (secondary N) is 1. The Hall–Kier alpha value is -4.92. The molecule has 0 unspecified atom stereocenters. The van der Waals surface area contributed by atoms with Gasteiger partial charge in [0.05, 0.1) is 35.9 Å². The number of sulfonamides is 1. The van der Waals surface area contributed by atoms with E-state index in [2.05, 4.69) is 4.98 Å². The second kappa shape index (κ2) is 10.6. The molecule has 2 amide bonds. The summed E-state index contributed by atoms with van der Waals surface area (Å²) < 4.78 is 88.5. The van der Waals surface area contributed by atoms with Gasteiger partial charge in [-0.25, -0.2) is 26.0 Å². The summed E-state index contributed by atoms with van der Waals surface area (Å²) in [6.07, 6.45) is -0.0515. The van der Waals surface area contributed by atoms with Gasteiger partial charge in [-0.1, -0.05) is 12.1 Å². The van der Waals surface area contributed by atoms with Gasteiger partial charge in [-0.2, -0.15) is 0 Å². The second-order valence-electron chi connectivity index (χ2n) is 10.8. The fourth-order valence-corrected chi connectivity index (χ4v) is 6.71. The lowest BCUT2D eigenvalue weighted by molar-refractivity contribution is -0.121. The fraction of sp³-hybridized carbons (Fsp3) is 0.233. The molecule has 3 aromatic carbocycles. The van der Waals surface area contributed by atoms with Crippen molar-refractivity contribution >= 4 is 60.4 Å². The number of hydrogen-bond acceptors (Lipinski definition) is 6. The number of nitrogens with zero attached hydrogens (tertiary/aromatic N) is 2. The van der Waals surface area contributed by atoms with Crippen molar-refractivity contribution in [1.29, 1.82) is 0 Å². The predicted molar refractivity (Wildman–Crippen MR) is 159 cm³/mol. The predicted octanol–water partition coefficient (Wildman–Crippen LogP) is 4.30. The number of fused-ring (bicyclic) bond motifs is 5. The van der Waals surface area contributed by atoms with Crippen LogP contribution in [0.25, 0.3) is 44.0 Å². The van der Waals surface area contributed by atoms with Gasteiger partial charge in [0.15, 0.2) is 0 Å². The number of hydrogen-bond donors (Lipinski definition) is 2. The highest BCUT2D eigenvalue weighted by Gasteiger charge is 2.49. The number of furan rings is 1. The molecule has 1 aliphatic rings. The van der Waals surface area contributed by atoms with Gasteiger partial charge in [0.1, 0.15) is 29.7 Å². The molecule has 1 fully saturated rings. The molecule has 3 heterocycles. The van der Waals surface area contributed by atoms with Crippen molar-refractivity contribution in [3.63, 3.8) is 0 Å². The van der Waals surface area contributed by atoms with Crippen molar-refractivity contribution in [3.8, 4) is 11.1 Å². The summed E-state index contributed by atoms with van der Waals surface area (Å²) in [5, 5.41) is 0.673. The third kappa shape index (κ3) is 5.26. The molecule has 1 atom stereocenters. The van der Waals surface area contributed by atoms with Crippen LogP contribution in [0.4, 0.5) is 23.2 Å². The first kappa shape index (κ1) is 30.1. The number of halogens is 4. The standard InChI is InChI=1S/C30H24F4N4O6S/c1-45(42,43)38(8-7-31)22-12-24-20(25-26(44-24)18-6-5-17(32)10-21(18)36-28(25)40)11-19(22)15-3-2-4-16(9-15)29(41)37-14-30(33,34)13-23(37)27(35)39/h2-6,9-12,23H,7-8,13-14H2,1H3,(H2,35,39)(H,36,40)/t23-/m0/s1. The molecule has 0 radical (unpaired) electrons. The van der Waals surface area contributed by atoms with Gasteiger partial charge in [-0.3, -0.25) is 18.7 Å². The van der Waals surface area contributed by atoms with Crippen LogP contribution in [-0.4, -0.2) is 68.1 Å². The zero-order chi connectivity index (χ0) is 32.4. The summed E-state index contributed by atoms with van der Waals surface area (Å²) in [6, 6.07) is 10.5. The lowest BCUT2D eigenvalue weighted by Gasteiger charge is -2.25. The van der Waals surface area contributed by atoms with Crippen LogP contribution >= 0.6 is 0 Å². The molecule has 0 aliphatic carbocycles. The highest BCUT2D eigenvalue weighted by molar-refractivity contribution is 7.92. The quantitative estimate of drug-likeness (QED) is 0.253. The van der Waals surface area contributed by atoms with E-state index in [4.69, 9.17) is 10.2 Å². The molecule has 0 spiro atoms. The van der Waals surface area contributed by atoms with Gasteiger partial charge < -0.3 is 20.0 Å². The smallest absolute Gasteiger partial charge is 0.267 e. The maximum atomic E-state index is 14.2. The minimum atomic E-state index is -4.09. The number of nitrogens with two attached hydrogens (primary N) is 1. The van der Waals surface area contributed by atoms with E-state index in [1.807, 2.05) is 0 Å². The Morgan fingerprint density at radius 2 is 1.89 bits per heavy atom. The van der Waals surface area contributed by atoms with Crippen LogP contribution in [0.3, 0.4) is 0 Å². The average Bonchev–Trinajstić information content (AvgIpc) is 3.51. The molecule has 6 rings (SSSR count). The Balaban J connectivity index is 1.59. The van der Waals surface area contributed by atoms with Crippen LogP contribution in [0.2, 0.25) is 0 Å². The number of primary amides is 1. The van der Waals surface area contributed by atoms with E-state index < -0.39 is 71.4 Å². The normalized spacial score (nSPS) is 16.6. The molecule has 5 aromatic rings. The maximum Gasteiger partial charge on any atom is 0.267 e. The molecule has 1 aliphatic heterocycles. The van der Waals surface area contributed by atoms with Crippen LogP contribution in [0.5, 0.6) is 0 Å². The van der Waals surface area contributed by atoms with Crippen LogP contribution in [0.1, 0.15) is 16.8 Å². The molecule has 10 nitrogen and oxygen atoms in total. The van der Waals surface area contributed by atoms with E-state index in [1.54, 1.807) is 0 Å². The fourth-order valence-electron chi connectivity index (χ4n) is 5.80. The third-order valence-corrected chi connectivity index (χ3v) is 8.92. The van der Waals surface area contributed by atoms with E-state index in [9.17, 15) is 40.4 Å². The van der Waals surface area contributed by atoms with Crippen molar-refractivity contribution in [2.24, 2.45) is 5.73 Å². The Labute approximate surface area is 252 Å². The van der Waals surface area contributed by atoms with Crippen LogP contribution in [0.15, 0.2) is 63.8 Å². The minimum absolute atomic E-state index is 0.0548. The van der Waals surface area contributed by atoms with E-state index in [1.165, 1.54) is 48.5 Å². The monoisotopic (exact) mass is 644 g/mol. The van der Waals surface area contributed by atoms with Crippen LogP contribution in [-0.2, 0) is 14.8 Å². The van der Waals surface area contributed by atoms with Crippen LogP contribution < -0.4 is 15.6 Å². The Bertz CT molecular complexity index is 2220. The molecule has 15 heteroatoms. The number of benzene rings is 3. The average molecular weight is 645 g/mol. The van der Waals surface area contributed by atoms with E-state index in [0.717, 1.165) is 16.6 Å². The first-order valence-corrected chi connectivity index (χ1v) is 15.4. The molecular weight excluding hydrogens is 620 g/mol. The van der Waals surface area contributed by atoms with Crippen molar-refractivity contribution in [2.75, 3.05) is 30.3 Å². The minimum Gasteiger partial charge on any atom is -0.455 e. The molecule has 1 saturated heterocycles. The summed E-state index contributed by atoms with van der Waals surface area (Å²) in [6.45, 7) is -2.67. The molecule has 45 heavy (non-hydrogen) atoms. The second-order valence-corrected chi connectivity index (χ2v) is 12.7. The number of likely N-dealkylation sites (tertiary alicyclic amines) is 1. The van der Waals surface area contributed by atoms with Gasteiger partial charge in [0.25, 0.3) is 17.4 Å². The molecule has 2 aromatic heterocycles. The number of anilines is 1. The van der Waals surface area contributed by atoms with Gasteiger partial charge in [0.2, 0.25) is 15.9 Å². The number of aromatic nitrogens is 1. The van der Waals surface area contributed by atoms with Crippen LogP contribution in [0, 0.1) is 5.82 Å². The van der Waals surface area contributed by atoms with Crippen molar-refractivity contribution < 1.29 is 40.0 Å². The zero-order valence-electron chi connectivity index (χ0n) is 23.4. The van der Waals surface area contributed by atoms with E-state index in [-0.39, 0.29) is 49.8 Å². The largest absolute Gasteiger partial charge is 0.455 e. The molecule has 0 saturated carbocycles. The summed E-state index contributed by atoms with van der Waals surface area (Å²) >= 11 is 0. The number of aromatic amines is 1. The number of carbonyl (C=O) groups is 2. The third-order valence-electron chi connectivity index (χ3n) is 7.74. The number of pyridine rings is 1. The Morgan fingerprint density at radius 1 is 1.13 bits per heavy atom. The van der Waals surface area contributed by atoms with E-state index >= 15 is 0 Å². The molecule has 3 N–H and O–H groups in total. The maximum absolute atomic E-state index is 14.2. The number of amides is 2. The number of rotatable bonds is 7. The van der Waals surface area contributed by atoms with Gasteiger partial charge >= 0.3 is 0 Å². The van der Waals surface area contributed by atoms with Crippen molar-refractivity contribution in [3.05, 3.63) is 76.3 Å². The molecular formula is C30H24F4N4O6S. The summed E-state index contributed by atoms with van der Waals surface area (Å²) in [5.74, 6) is -5.93. The first-order chi connectivity index (χ1) is 21.2. The number of alkyl halides is 3. The lowest BCUT2D eigenvalue weighted by Crippen LogP contribution is -2.43. The lowest BCUT2D eigenvalue weighted by atomic mass is 9.98. The van der Waals surface area contributed by atoms with Gasteiger partial charge in [-0.15, -0.1) is 0 Å². The first-order valence-electron chi connectivity index (χ1n) is 13.5. The van der Waals surface area contributed by atoms with Crippen molar-refractivity contribution in [2.45, 2.75) is 18.4 Å². The number of carbonyl (C=O) groups excluding carboxylic acids is 2. The van der Waals surface area contributed by atoms with Gasteiger partial charge in [-0.05, 0) is 42.0 Å². The Kier molecular flexibility index (Phi) is 7.10. The SMILES string of the molecule is CS(=O)(=O)N(CCF)c1cc2oc3c4ccc(F)cc4[nH]c(=O)c3c2cc1-c1cccc(C(=O)N2CC(F)(F)C[C@H]2C(N)=O)c1. The summed E-state index contributed by atoms with van der Waals surface area (Å²) in [5.41, 5.74) is 5.17. The molecule has 0 bridgehead atoms. The Morgan fingerprint density at radius 3 is 2.58 bits per heavy atom. The zero-order valence-corrected chi connectivity index (χ0v) is 24.3. The number of H-pyrrole nitrogens is 1. The topological polar surface area (TPSA) is 147 Å². The van der Waals surface area contributed by atoms with Gasteiger partial charge in [0, 0.05) is 34.4 Å².